The number of unbranched alkanes of at least 4 members (excludes halogenated alkanes) is 38. The summed E-state index contributed by atoms with van der Waals surface area (Å²) in [5, 5.41) is 0. The first-order chi connectivity index (χ1) is 32.0. The Kier molecular flexibility index (Phi) is 52.7. The van der Waals surface area contributed by atoms with E-state index in [0.717, 1.165) is 64.2 Å². The maximum absolute atomic E-state index is 12.8. The van der Waals surface area contributed by atoms with Crippen molar-refractivity contribution in [2.45, 2.75) is 322 Å². The highest BCUT2D eigenvalue weighted by Gasteiger charge is 2.19. The molecule has 1 unspecified atom stereocenters. The Labute approximate surface area is 404 Å². The Balaban J connectivity index is 4.19. The number of esters is 3. The van der Waals surface area contributed by atoms with Crippen molar-refractivity contribution in [3.8, 4) is 0 Å². The van der Waals surface area contributed by atoms with Crippen molar-refractivity contribution in [1.82, 2.24) is 0 Å². The first kappa shape index (κ1) is 62.9. The van der Waals surface area contributed by atoms with Crippen molar-refractivity contribution < 1.29 is 28.6 Å². The Morgan fingerprint density at radius 3 is 0.846 bits per heavy atom. The summed E-state index contributed by atoms with van der Waals surface area (Å²) in [6, 6.07) is 0. The molecule has 0 rings (SSSR count). The fourth-order valence-electron chi connectivity index (χ4n) is 8.59. The van der Waals surface area contributed by atoms with E-state index in [1.165, 1.54) is 212 Å². The SMILES string of the molecule is CCCCCCC/C=C\C/C=C\CCCCCCCCCCCCCC(=O)OCC(COC(=O)CCCCCCCCCCC)OC(=O)CCCCCCCCCCCCCCCCC. The normalized spacial score (nSPS) is 12.1. The van der Waals surface area contributed by atoms with Gasteiger partial charge in [-0.1, -0.05) is 270 Å². The van der Waals surface area contributed by atoms with Gasteiger partial charge in [0.2, 0.25) is 0 Å². The van der Waals surface area contributed by atoms with Crippen molar-refractivity contribution >= 4 is 17.9 Å². The number of carbonyl (C=O) groups excluding carboxylic acids is 3. The monoisotopic (exact) mass is 915 g/mol. The molecule has 0 saturated heterocycles. The maximum atomic E-state index is 12.8. The first-order valence-electron chi connectivity index (χ1n) is 28.8. The van der Waals surface area contributed by atoms with Crippen molar-refractivity contribution in [3.63, 3.8) is 0 Å². The van der Waals surface area contributed by atoms with Gasteiger partial charge in [-0.25, -0.2) is 0 Å². The standard InChI is InChI=1S/C59H110O6/c1-4-7-10-13-16-19-21-23-25-26-27-28-29-30-31-32-34-35-37-40-43-46-49-52-58(61)64-55-56(54-63-57(60)51-48-45-42-39-18-15-12-9-6-3)65-59(62)53-50-47-44-41-38-36-33-24-22-20-17-14-11-8-5-2/h21,23,26-27,56H,4-20,22,24-25,28-55H2,1-3H3/b23-21-,27-26-. The van der Waals surface area contributed by atoms with Gasteiger partial charge in [0.25, 0.3) is 0 Å². The number of hydrogen-bond acceptors (Lipinski definition) is 6. The highest BCUT2D eigenvalue weighted by Crippen LogP contribution is 2.17. The predicted molar refractivity (Wildman–Crippen MR) is 279 cm³/mol. The van der Waals surface area contributed by atoms with Gasteiger partial charge in [0, 0.05) is 19.3 Å². The van der Waals surface area contributed by atoms with E-state index in [9.17, 15) is 14.4 Å². The molecular formula is C59H110O6. The molecule has 0 bridgehead atoms. The smallest absolute Gasteiger partial charge is 0.306 e. The van der Waals surface area contributed by atoms with Gasteiger partial charge in [-0.3, -0.25) is 14.4 Å². The molecule has 0 amide bonds. The summed E-state index contributed by atoms with van der Waals surface area (Å²) >= 11 is 0. The van der Waals surface area contributed by atoms with E-state index in [-0.39, 0.29) is 31.1 Å². The largest absolute Gasteiger partial charge is 0.462 e. The van der Waals surface area contributed by atoms with Gasteiger partial charge in [0.1, 0.15) is 13.2 Å². The summed E-state index contributed by atoms with van der Waals surface area (Å²) in [5.41, 5.74) is 0. The number of hydrogen-bond donors (Lipinski definition) is 0. The molecular weight excluding hydrogens is 805 g/mol. The molecule has 0 aromatic rings. The summed E-state index contributed by atoms with van der Waals surface area (Å²) in [6.45, 7) is 6.65. The van der Waals surface area contributed by atoms with Crippen molar-refractivity contribution in [3.05, 3.63) is 24.3 Å². The average molecular weight is 916 g/mol. The molecule has 0 saturated carbocycles. The third-order valence-electron chi connectivity index (χ3n) is 13.0. The summed E-state index contributed by atoms with van der Waals surface area (Å²) in [5.74, 6) is -0.852. The first-order valence-corrected chi connectivity index (χ1v) is 28.8. The lowest BCUT2D eigenvalue weighted by atomic mass is 10.0. The predicted octanol–water partition coefficient (Wildman–Crippen LogP) is 19.1. The molecule has 0 radical (unpaired) electrons. The molecule has 0 spiro atoms. The fraction of sp³-hybridized carbons (Fsp3) is 0.881. The Morgan fingerprint density at radius 1 is 0.308 bits per heavy atom. The van der Waals surface area contributed by atoms with Crippen LogP contribution in [0.4, 0.5) is 0 Å². The van der Waals surface area contributed by atoms with E-state index in [4.69, 9.17) is 14.2 Å². The van der Waals surface area contributed by atoms with Crippen LogP contribution in [-0.2, 0) is 28.6 Å². The van der Waals surface area contributed by atoms with Crippen molar-refractivity contribution in [2.24, 2.45) is 0 Å². The zero-order chi connectivity index (χ0) is 47.2. The highest BCUT2D eigenvalue weighted by molar-refractivity contribution is 5.71. The quantitative estimate of drug-likeness (QED) is 0.0262. The number of carbonyl (C=O) groups is 3. The van der Waals surface area contributed by atoms with Crippen LogP contribution >= 0.6 is 0 Å². The molecule has 0 aromatic carbocycles. The number of ether oxygens (including phenoxy) is 3. The summed E-state index contributed by atoms with van der Waals surface area (Å²) in [4.78, 5) is 38.0. The van der Waals surface area contributed by atoms with Gasteiger partial charge in [0.05, 0.1) is 0 Å². The lowest BCUT2D eigenvalue weighted by Gasteiger charge is -2.18. The zero-order valence-electron chi connectivity index (χ0n) is 43.8. The Hall–Kier alpha value is -2.11. The minimum absolute atomic E-state index is 0.0665. The molecule has 65 heavy (non-hydrogen) atoms. The van der Waals surface area contributed by atoms with E-state index in [0.29, 0.717) is 19.3 Å². The Bertz CT molecular complexity index is 1050. The molecule has 382 valence electrons. The molecule has 0 heterocycles. The van der Waals surface area contributed by atoms with E-state index < -0.39 is 6.10 Å². The zero-order valence-corrected chi connectivity index (χ0v) is 43.8. The number of allylic oxidation sites excluding steroid dienone is 4. The minimum atomic E-state index is -0.765. The van der Waals surface area contributed by atoms with E-state index in [1.54, 1.807) is 0 Å². The highest BCUT2D eigenvalue weighted by atomic mass is 16.6. The fourth-order valence-corrected chi connectivity index (χ4v) is 8.59. The minimum Gasteiger partial charge on any atom is -0.462 e. The Morgan fingerprint density at radius 2 is 0.554 bits per heavy atom. The van der Waals surface area contributed by atoms with Crippen LogP contribution in [0.5, 0.6) is 0 Å². The van der Waals surface area contributed by atoms with Gasteiger partial charge in [-0.15, -0.1) is 0 Å². The topological polar surface area (TPSA) is 78.9 Å². The van der Waals surface area contributed by atoms with Crippen LogP contribution in [0.3, 0.4) is 0 Å². The lowest BCUT2D eigenvalue weighted by molar-refractivity contribution is -0.167. The van der Waals surface area contributed by atoms with Crippen LogP contribution in [0.15, 0.2) is 24.3 Å². The van der Waals surface area contributed by atoms with Crippen LogP contribution < -0.4 is 0 Å². The van der Waals surface area contributed by atoms with E-state index >= 15 is 0 Å². The van der Waals surface area contributed by atoms with E-state index in [1.807, 2.05) is 0 Å². The molecule has 0 N–H and O–H groups in total. The second-order valence-electron chi connectivity index (χ2n) is 19.6. The second-order valence-corrected chi connectivity index (χ2v) is 19.6. The van der Waals surface area contributed by atoms with E-state index in [2.05, 4.69) is 45.1 Å². The van der Waals surface area contributed by atoms with Crippen LogP contribution in [0, 0.1) is 0 Å². The summed E-state index contributed by atoms with van der Waals surface area (Å²) < 4.78 is 16.8. The molecule has 6 heteroatoms. The molecule has 6 nitrogen and oxygen atoms in total. The number of rotatable bonds is 53. The third kappa shape index (κ3) is 52.7. The van der Waals surface area contributed by atoms with Crippen LogP contribution in [0.1, 0.15) is 316 Å². The van der Waals surface area contributed by atoms with Crippen LogP contribution in [0.2, 0.25) is 0 Å². The van der Waals surface area contributed by atoms with Gasteiger partial charge in [-0.2, -0.15) is 0 Å². The van der Waals surface area contributed by atoms with Gasteiger partial charge in [0.15, 0.2) is 6.10 Å². The molecule has 1 atom stereocenters. The second kappa shape index (κ2) is 54.5. The summed E-state index contributed by atoms with van der Waals surface area (Å²) in [6.07, 6.45) is 63.2. The summed E-state index contributed by atoms with van der Waals surface area (Å²) in [7, 11) is 0. The molecule has 0 fully saturated rings. The molecule has 0 aliphatic rings. The molecule has 0 aromatic heterocycles. The van der Waals surface area contributed by atoms with Gasteiger partial charge in [-0.05, 0) is 51.4 Å². The van der Waals surface area contributed by atoms with Crippen molar-refractivity contribution in [1.29, 1.82) is 0 Å². The third-order valence-corrected chi connectivity index (χ3v) is 13.0. The van der Waals surface area contributed by atoms with Gasteiger partial charge >= 0.3 is 17.9 Å². The molecule has 0 aliphatic heterocycles. The van der Waals surface area contributed by atoms with Crippen molar-refractivity contribution in [2.75, 3.05) is 13.2 Å². The van der Waals surface area contributed by atoms with Gasteiger partial charge < -0.3 is 14.2 Å². The average Bonchev–Trinajstić information content (AvgIpc) is 3.30. The maximum Gasteiger partial charge on any atom is 0.306 e. The molecule has 0 aliphatic carbocycles. The van der Waals surface area contributed by atoms with Crippen LogP contribution in [0.25, 0.3) is 0 Å². The lowest BCUT2D eigenvalue weighted by Crippen LogP contribution is -2.30. The van der Waals surface area contributed by atoms with Crippen LogP contribution in [-0.4, -0.2) is 37.2 Å².